The highest BCUT2D eigenvalue weighted by Gasteiger charge is 2.09. The molecule has 18 heavy (non-hydrogen) atoms. The summed E-state index contributed by atoms with van der Waals surface area (Å²) in [5.74, 6) is -1.00. The molecule has 106 valence electrons. The van der Waals surface area contributed by atoms with Crippen LogP contribution in [-0.2, 0) is 14.3 Å². The first kappa shape index (κ1) is 19.0. The molecule has 0 aliphatic heterocycles. The van der Waals surface area contributed by atoms with E-state index in [2.05, 4.69) is 32.1 Å². The Bertz CT molecular complexity index is 247. The van der Waals surface area contributed by atoms with Gasteiger partial charge in [-0.1, -0.05) is 40.2 Å². The predicted octanol–water partition coefficient (Wildman–Crippen LogP) is 3.76. The van der Waals surface area contributed by atoms with Crippen molar-refractivity contribution in [1.82, 2.24) is 0 Å². The number of ether oxygens (including phenoxy) is 1. The number of carboxylic acids is 1. The highest BCUT2D eigenvalue weighted by Crippen LogP contribution is 2.22. The topological polar surface area (TPSA) is 63.6 Å². The molecule has 0 radical (unpaired) electrons. The zero-order chi connectivity index (χ0) is 14.6. The van der Waals surface area contributed by atoms with E-state index in [4.69, 9.17) is 9.90 Å². The Morgan fingerprint density at radius 3 is 2.11 bits per heavy atom. The van der Waals surface area contributed by atoms with Crippen LogP contribution in [0.5, 0.6) is 0 Å². The van der Waals surface area contributed by atoms with Crippen molar-refractivity contribution in [2.24, 2.45) is 5.41 Å². The van der Waals surface area contributed by atoms with Gasteiger partial charge in [-0.05, 0) is 18.3 Å². The van der Waals surface area contributed by atoms with E-state index in [1.165, 1.54) is 19.1 Å². The Kier molecular flexibility index (Phi) is 11.4. The average molecular weight is 258 g/mol. The van der Waals surface area contributed by atoms with Gasteiger partial charge in [-0.3, -0.25) is 9.59 Å². The van der Waals surface area contributed by atoms with E-state index in [0.717, 1.165) is 19.8 Å². The molecule has 0 bridgehead atoms. The number of aliphatic carboxylic acids is 1. The zero-order valence-electron chi connectivity index (χ0n) is 12.0. The van der Waals surface area contributed by atoms with Gasteiger partial charge in [0.05, 0.1) is 6.26 Å². The lowest BCUT2D eigenvalue weighted by Gasteiger charge is -2.17. The maximum Gasteiger partial charge on any atom is 0.310 e. The van der Waals surface area contributed by atoms with Gasteiger partial charge >= 0.3 is 5.97 Å². The summed E-state index contributed by atoms with van der Waals surface area (Å²) in [7, 11) is 0. The minimum atomic E-state index is -0.833. The van der Waals surface area contributed by atoms with Crippen molar-refractivity contribution in [3.8, 4) is 0 Å². The molecular weight excluding hydrogens is 232 g/mol. The fourth-order valence-corrected chi connectivity index (χ4v) is 1.25. The highest BCUT2D eigenvalue weighted by atomic mass is 16.5. The summed E-state index contributed by atoms with van der Waals surface area (Å²) in [5.41, 5.74) is 0.404. The minimum Gasteiger partial charge on any atom is -0.481 e. The number of carbonyl (C=O) groups excluding carboxylic acids is 1. The lowest BCUT2D eigenvalue weighted by molar-refractivity contribution is -0.138. The van der Waals surface area contributed by atoms with Crippen LogP contribution in [0.25, 0.3) is 0 Å². The summed E-state index contributed by atoms with van der Waals surface area (Å²) in [6.07, 6.45) is 6.12. The summed E-state index contributed by atoms with van der Waals surface area (Å²) in [6.45, 7) is 11.1. The van der Waals surface area contributed by atoms with E-state index < -0.39 is 5.97 Å². The third-order valence-electron chi connectivity index (χ3n) is 2.02. The summed E-state index contributed by atoms with van der Waals surface area (Å²) >= 11 is 0. The zero-order valence-corrected chi connectivity index (χ0v) is 12.0. The molecule has 0 heterocycles. The van der Waals surface area contributed by atoms with Gasteiger partial charge in [0.2, 0.25) is 0 Å². The number of rotatable bonds is 6. The summed E-state index contributed by atoms with van der Waals surface area (Å²) < 4.78 is 4.61. The molecule has 1 N–H and O–H groups in total. The van der Waals surface area contributed by atoms with Gasteiger partial charge in [0.15, 0.2) is 0 Å². The Morgan fingerprint density at radius 2 is 1.72 bits per heavy atom. The second kappa shape index (κ2) is 10.8. The van der Waals surface area contributed by atoms with Gasteiger partial charge in [-0.15, -0.1) is 0 Å². The number of carbonyl (C=O) groups is 2. The smallest absolute Gasteiger partial charge is 0.310 e. The monoisotopic (exact) mass is 258 g/mol. The van der Waals surface area contributed by atoms with Crippen molar-refractivity contribution in [3.05, 3.63) is 12.8 Å². The van der Waals surface area contributed by atoms with Crippen LogP contribution >= 0.6 is 0 Å². The number of carboxylic acid groups (broad SMARTS) is 1. The molecule has 0 unspecified atom stereocenters. The van der Waals surface area contributed by atoms with Gasteiger partial charge in [-0.25, -0.2) is 0 Å². The fraction of sp³-hybridized carbons (Fsp3) is 0.714. The molecule has 0 saturated heterocycles. The Hall–Kier alpha value is -1.32. The first-order valence-corrected chi connectivity index (χ1v) is 6.19. The van der Waals surface area contributed by atoms with Crippen LogP contribution < -0.4 is 0 Å². The van der Waals surface area contributed by atoms with Crippen LogP contribution in [0.4, 0.5) is 0 Å². The molecule has 0 spiro atoms. The number of hydrogen-bond acceptors (Lipinski definition) is 3. The van der Waals surface area contributed by atoms with Crippen molar-refractivity contribution in [3.63, 3.8) is 0 Å². The van der Waals surface area contributed by atoms with Crippen LogP contribution in [0.1, 0.15) is 59.8 Å². The van der Waals surface area contributed by atoms with Gasteiger partial charge in [-0.2, -0.15) is 0 Å². The van der Waals surface area contributed by atoms with Gasteiger partial charge in [0, 0.05) is 13.3 Å². The molecule has 0 amide bonds. The van der Waals surface area contributed by atoms with Crippen LogP contribution in [0.3, 0.4) is 0 Å². The minimum absolute atomic E-state index is 0.171. The number of hydrogen-bond donors (Lipinski definition) is 1. The van der Waals surface area contributed by atoms with Gasteiger partial charge < -0.3 is 9.84 Å². The predicted molar refractivity (Wildman–Crippen MR) is 72.1 cm³/mol. The molecule has 4 nitrogen and oxygen atoms in total. The molecule has 0 aromatic carbocycles. The molecule has 0 saturated carbocycles. The number of esters is 1. The van der Waals surface area contributed by atoms with Crippen LogP contribution in [0, 0.1) is 5.41 Å². The Morgan fingerprint density at radius 1 is 1.22 bits per heavy atom. The number of unbranched alkanes of at least 4 members (excludes halogenated alkanes) is 2. The van der Waals surface area contributed by atoms with E-state index in [1.807, 2.05) is 0 Å². The fourth-order valence-electron chi connectivity index (χ4n) is 1.25. The van der Waals surface area contributed by atoms with Crippen molar-refractivity contribution >= 4 is 11.9 Å². The molecule has 0 aliphatic rings. The molecule has 0 atom stereocenters. The third-order valence-corrected chi connectivity index (χ3v) is 2.02. The Balaban J connectivity index is 0. The van der Waals surface area contributed by atoms with E-state index in [-0.39, 0.29) is 5.97 Å². The second-order valence-electron chi connectivity index (χ2n) is 5.30. The molecular formula is C14H26O4. The lowest BCUT2D eigenvalue weighted by Crippen LogP contribution is -2.04. The van der Waals surface area contributed by atoms with Crippen molar-refractivity contribution in [2.45, 2.75) is 59.8 Å². The Labute approximate surface area is 110 Å². The lowest BCUT2D eigenvalue weighted by atomic mass is 9.89. The quantitative estimate of drug-likeness (QED) is 0.447. The highest BCUT2D eigenvalue weighted by molar-refractivity contribution is 5.69. The standard InChI is InChI=1S/C12H22O2.C2H4O2/c1-5-14-11(13)9-7-6-8-10-12(2,3)4;1-2(3)4/h5H,1,6-10H2,2-4H3;1H3,(H,3,4). The van der Waals surface area contributed by atoms with Gasteiger partial charge in [0.25, 0.3) is 5.97 Å². The summed E-state index contributed by atoms with van der Waals surface area (Å²) in [5, 5.41) is 7.42. The average Bonchev–Trinajstić information content (AvgIpc) is 2.14. The van der Waals surface area contributed by atoms with Crippen LogP contribution in [0.2, 0.25) is 0 Å². The first-order chi connectivity index (χ1) is 8.19. The molecule has 0 aromatic heterocycles. The molecule has 0 aliphatic carbocycles. The molecule has 4 heteroatoms. The second-order valence-corrected chi connectivity index (χ2v) is 5.30. The van der Waals surface area contributed by atoms with Crippen molar-refractivity contribution < 1.29 is 19.4 Å². The SMILES string of the molecule is C=COC(=O)CCCCCC(C)(C)C.CC(=O)O. The van der Waals surface area contributed by atoms with E-state index in [1.54, 1.807) is 0 Å². The molecule has 0 fully saturated rings. The van der Waals surface area contributed by atoms with Crippen LogP contribution in [-0.4, -0.2) is 17.0 Å². The molecule has 0 rings (SSSR count). The first-order valence-electron chi connectivity index (χ1n) is 6.19. The van der Waals surface area contributed by atoms with Crippen molar-refractivity contribution in [1.29, 1.82) is 0 Å². The maximum atomic E-state index is 10.9. The van der Waals surface area contributed by atoms with Crippen LogP contribution in [0.15, 0.2) is 12.8 Å². The summed E-state index contributed by atoms with van der Waals surface area (Å²) in [4.78, 5) is 19.9. The van der Waals surface area contributed by atoms with E-state index in [0.29, 0.717) is 11.8 Å². The van der Waals surface area contributed by atoms with Gasteiger partial charge in [0.1, 0.15) is 0 Å². The van der Waals surface area contributed by atoms with E-state index in [9.17, 15) is 4.79 Å². The molecule has 0 aromatic rings. The van der Waals surface area contributed by atoms with Crippen molar-refractivity contribution in [2.75, 3.05) is 0 Å². The third kappa shape index (κ3) is 24.1. The largest absolute Gasteiger partial charge is 0.481 e. The summed E-state index contributed by atoms with van der Waals surface area (Å²) in [6, 6.07) is 0. The maximum absolute atomic E-state index is 10.9. The van der Waals surface area contributed by atoms with E-state index >= 15 is 0 Å². The normalized spacial score (nSPS) is 10.0.